The zero-order valence-electron chi connectivity index (χ0n) is 15.6. The lowest BCUT2D eigenvalue weighted by Crippen LogP contribution is -2.64. The minimum absolute atomic E-state index is 0.00666. The fourth-order valence-electron chi connectivity index (χ4n) is 7.51. The predicted molar refractivity (Wildman–Crippen MR) is 95.1 cm³/mol. The van der Waals surface area contributed by atoms with Crippen LogP contribution >= 0.6 is 0 Å². The van der Waals surface area contributed by atoms with Crippen molar-refractivity contribution in [2.45, 2.75) is 75.2 Å². The predicted octanol–water partition coefficient (Wildman–Crippen LogP) is 2.69. The van der Waals surface area contributed by atoms with Crippen LogP contribution in [0, 0.1) is 23.7 Å². The molecule has 142 valence electrons. The SMILES string of the molecule is C=CC(=O)OC1C(OC)CC2CC1N(C13CC4CC(CC(C4)C1)C3)C2=O. The first kappa shape index (κ1) is 16.8. The third kappa shape index (κ3) is 2.32. The van der Waals surface area contributed by atoms with Crippen molar-refractivity contribution < 1.29 is 19.1 Å². The van der Waals surface area contributed by atoms with Gasteiger partial charge in [0.05, 0.1) is 12.1 Å². The maximum atomic E-state index is 13.4. The largest absolute Gasteiger partial charge is 0.454 e. The zero-order chi connectivity index (χ0) is 18.1. The molecule has 0 radical (unpaired) electrons. The van der Waals surface area contributed by atoms with Gasteiger partial charge in [-0.15, -0.1) is 0 Å². The van der Waals surface area contributed by atoms with Crippen LogP contribution in [0.2, 0.25) is 0 Å². The van der Waals surface area contributed by atoms with Crippen molar-refractivity contribution in [1.82, 2.24) is 4.90 Å². The van der Waals surface area contributed by atoms with Crippen LogP contribution in [0.15, 0.2) is 12.7 Å². The van der Waals surface area contributed by atoms with Crippen LogP contribution in [0.1, 0.15) is 51.4 Å². The van der Waals surface area contributed by atoms with E-state index in [1.54, 1.807) is 7.11 Å². The summed E-state index contributed by atoms with van der Waals surface area (Å²) in [4.78, 5) is 27.5. The van der Waals surface area contributed by atoms with E-state index in [4.69, 9.17) is 9.47 Å². The number of nitrogens with zero attached hydrogens (tertiary/aromatic N) is 1. The van der Waals surface area contributed by atoms with E-state index in [9.17, 15) is 9.59 Å². The van der Waals surface area contributed by atoms with Gasteiger partial charge in [0.25, 0.3) is 0 Å². The molecule has 0 aromatic carbocycles. The highest BCUT2D eigenvalue weighted by molar-refractivity contribution is 5.84. The Morgan fingerprint density at radius 1 is 1.12 bits per heavy atom. The molecule has 1 heterocycles. The van der Waals surface area contributed by atoms with E-state index in [-0.39, 0.29) is 35.6 Å². The van der Waals surface area contributed by atoms with Crippen LogP contribution in [0.4, 0.5) is 0 Å². The number of hydrogen-bond donors (Lipinski definition) is 0. The summed E-state index contributed by atoms with van der Waals surface area (Å²) in [6.07, 6.45) is 9.59. The number of esters is 1. The Morgan fingerprint density at radius 2 is 1.73 bits per heavy atom. The molecule has 6 bridgehead atoms. The van der Waals surface area contributed by atoms with E-state index in [1.807, 2.05) is 0 Å². The maximum absolute atomic E-state index is 13.4. The monoisotopic (exact) mass is 359 g/mol. The minimum Gasteiger partial charge on any atom is -0.454 e. The molecule has 6 aliphatic rings. The lowest BCUT2D eigenvalue weighted by molar-refractivity contribution is -0.170. The minimum atomic E-state index is -0.416. The molecule has 1 aliphatic heterocycles. The molecule has 0 aromatic rings. The van der Waals surface area contributed by atoms with Gasteiger partial charge in [-0.25, -0.2) is 4.79 Å². The van der Waals surface area contributed by atoms with E-state index < -0.39 is 5.97 Å². The molecule has 6 fully saturated rings. The number of hydrogen-bond acceptors (Lipinski definition) is 4. The third-order valence-corrected chi connectivity index (χ3v) is 7.95. The Labute approximate surface area is 155 Å². The van der Waals surface area contributed by atoms with Gasteiger partial charge in [0.1, 0.15) is 6.10 Å². The quantitative estimate of drug-likeness (QED) is 0.572. The van der Waals surface area contributed by atoms with Crippen molar-refractivity contribution in [2.75, 3.05) is 7.11 Å². The Kier molecular flexibility index (Phi) is 3.76. The second-order valence-corrected chi connectivity index (χ2v) is 9.47. The topological polar surface area (TPSA) is 55.8 Å². The molecule has 5 heteroatoms. The highest BCUT2D eigenvalue weighted by Crippen LogP contribution is 2.60. The Bertz CT molecular complexity index is 609. The van der Waals surface area contributed by atoms with Gasteiger partial charge in [0, 0.05) is 24.6 Å². The van der Waals surface area contributed by atoms with Gasteiger partial charge in [-0.1, -0.05) is 6.58 Å². The molecule has 5 saturated carbocycles. The van der Waals surface area contributed by atoms with Crippen LogP contribution in [-0.2, 0) is 19.1 Å². The highest BCUT2D eigenvalue weighted by atomic mass is 16.6. The molecule has 0 spiro atoms. The summed E-state index contributed by atoms with van der Waals surface area (Å²) in [7, 11) is 1.66. The van der Waals surface area contributed by atoms with Gasteiger partial charge in [0.15, 0.2) is 0 Å². The number of carbonyl (C=O) groups excluding carboxylic acids is 2. The van der Waals surface area contributed by atoms with Gasteiger partial charge in [-0.2, -0.15) is 0 Å². The van der Waals surface area contributed by atoms with E-state index >= 15 is 0 Å². The van der Waals surface area contributed by atoms with Crippen molar-refractivity contribution in [1.29, 1.82) is 0 Å². The summed E-state index contributed by atoms with van der Waals surface area (Å²) in [6, 6.07) is -0.0358. The summed E-state index contributed by atoms with van der Waals surface area (Å²) in [6.45, 7) is 3.53. The average Bonchev–Trinajstić information content (AvgIpc) is 2.88. The Balaban J connectivity index is 1.49. The van der Waals surface area contributed by atoms with Crippen LogP contribution in [-0.4, -0.2) is 47.7 Å². The van der Waals surface area contributed by atoms with Crippen molar-refractivity contribution in [3.8, 4) is 0 Å². The number of amides is 1. The molecule has 26 heavy (non-hydrogen) atoms. The van der Waals surface area contributed by atoms with E-state index in [0.29, 0.717) is 6.42 Å². The summed E-state index contributed by atoms with van der Waals surface area (Å²) < 4.78 is 11.4. The number of rotatable bonds is 4. The lowest BCUT2D eigenvalue weighted by atomic mass is 9.52. The average molecular weight is 359 g/mol. The van der Waals surface area contributed by atoms with Gasteiger partial charge in [-0.3, -0.25) is 4.79 Å². The molecule has 6 rings (SSSR count). The summed E-state index contributed by atoms with van der Waals surface area (Å²) in [5.74, 6) is 2.24. The summed E-state index contributed by atoms with van der Waals surface area (Å²) in [5, 5.41) is 0. The molecule has 0 N–H and O–H groups in total. The first-order valence-corrected chi connectivity index (χ1v) is 10.2. The van der Waals surface area contributed by atoms with E-state index in [2.05, 4.69) is 11.5 Å². The molecular weight excluding hydrogens is 330 g/mol. The van der Waals surface area contributed by atoms with Crippen LogP contribution in [0.3, 0.4) is 0 Å². The second kappa shape index (κ2) is 5.82. The van der Waals surface area contributed by atoms with Crippen LogP contribution in [0.5, 0.6) is 0 Å². The fourth-order valence-corrected chi connectivity index (χ4v) is 7.51. The van der Waals surface area contributed by atoms with Crippen LogP contribution in [0.25, 0.3) is 0 Å². The molecule has 5 aliphatic carbocycles. The smallest absolute Gasteiger partial charge is 0.330 e. The zero-order valence-corrected chi connectivity index (χ0v) is 15.6. The molecule has 4 atom stereocenters. The van der Waals surface area contributed by atoms with Crippen molar-refractivity contribution in [2.24, 2.45) is 23.7 Å². The third-order valence-electron chi connectivity index (χ3n) is 7.95. The first-order valence-electron chi connectivity index (χ1n) is 10.2. The number of ether oxygens (including phenoxy) is 2. The van der Waals surface area contributed by atoms with Gasteiger partial charge < -0.3 is 14.4 Å². The number of carbonyl (C=O) groups is 2. The first-order chi connectivity index (χ1) is 12.5. The van der Waals surface area contributed by atoms with Gasteiger partial charge >= 0.3 is 5.97 Å². The van der Waals surface area contributed by atoms with Crippen molar-refractivity contribution in [3.05, 3.63) is 12.7 Å². The Morgan fingerprint density at radius 3 is 2.27 bits per heavy atom. The molecule has 1 saturated heterocycles. The van der Waals surface area contributed by atoms with E-state index in [1.165, 1.54) is 25.3 Å². The molecular formula is C21H29NO4. The molecule has 1 amide bonds. The number of fused-ring (bicyclic) bond motifs is 2. The van der Waals surface area contributed by atoms with Crippen LogP contribution < -0.4 is 0 Å². The van der Waals surface area contributed by atoms with Gasteiger partial charge in [0.2, 0.25) is 5.91 Å². The number of likely N-dealkylation sites (tertiary alicyclic amines) is 1. The molecule has 5 nitrogen and oxygen atoms in total. The number of methoxy groups -OCH3 is 1. The standard InChI is InChI=1S/C21H29NO4/c1-3-18(23)26-19-16-7-15(8-17(19)25-2)20(24)22(16)21-9-12-4-13(10-21)6-14(5-12)11-21/h3,12-17,19H,1,4-11H2,2H3. The van der Waals surface area contributed by atoms with Gasteiger partial charge in [-0.05, 0) is 69.1 Å². The lowest BCUT2D eigenvalue weighted by Gasteiger charge is -2.61. The Hall–Kier alpha value is -1.36. The van der Waals surface area contributed by atoms with E-state index in [0.717, 1.165) is 43.4 Å². The normalized spacial score (nSPS) is 48.7. The maximum Gasteiger partial charge on any atom is 0.330 e. The fraction of sp³-hybridized carbons (Fsp3) is 0.810. The van der Waals surface area contributed by atoms with Crippen molar-refractivity contribution in [3.63, 3.8) is 0 Å². The van der Waals surface area contributed by atoms with Crippen molar-refractivity contribution >= 4 is 11.9 Å². The summed E-state index contributed by atoms with van der Waals surface area (Å²) in [5.41, 5.74) is 0.00666. The molecule has 0 aromatic heterocycles. The molecule has 4 unspecified atom stereocenters. The highest BCUT2D eigenvalue weighted by Gasteiger charge is 2.62. The second-order valence-electron chi connectivity index (χ2n) is 9.47. The summed E-state index contributed by atoms with van der Waals surface area (Å²) >= 11 is 0.